The molecular weight excluding hydrogens is 833 g/mol. The van der Waals surface area contributed by atoms with Crippen LogP contribution in [0, 0.1) is 0 Å². The minimum atomic E-state index is -0.361. The Hall–Kier alpha value is -5.86. The molecule has 0 saturated heterocycles. The Kier molecular flexibility index (Phi) is 22.2. The van der Waals surface area contributed by atoms with Crippen LogP contribution in [0.5, 0.6) is 0 Å². The molecule has 65 heavy (non-hydrogen) atoms. The van der Waals surface area contributed by atoms with Gasteiger partial charge >= 0.3 is 18.2 Å². The molecular formula is C45H70N14O6. The molecule has 20 nitrogen and oxygen atoms in total. The molecule has 3 atom stereocenters. The van der Waals surface area contributed by atoms with E-state index in [9.17, 15) is 19.5 Å². The third-order valence-corrected chi connectivity index (χ3v) is 11.3. The van der Waals surface area contributed by atoms with E-state index in [1.54, 1.807) is 43.4 Å². The molecule has 0 bridgehead atoms. The SMILES string of the molecule is NCCCCCCCCCN.O=C(NCCCCCCCCCNC(=O)O[C@@H]1CCn2ccnc21)O[C@@H]1CCn2ccnc21.O=C(n1ccnc1)n1ccnc1.O[C@@H]1CCn2ccnc21. The van der Waals surface area contributed by atoms with Gasteiger partial charge in [-0.3, -0.25) is 9.13 Å². The summed E-state index contributed by atoms with van der Waals surface area (Å²) in [6.45, 7) is 5.57. The lowest BCUT2D eigenvalue weighted by molar-refractivity contribution is 0.0954. The fraction of sp³-hybridized carbons (Fsp3) is 0.600. The molecule has 356 valence electrons. The molecule has 8 rings (SSSR count). The van der Waals surface area contributed by atoms with Crippen LogP contribution in [0.25, 0.3) is 0 Å². The van der Waals surface area contributed by atoms with Gasteiger partial charge in [0.15, 0.2) is 12.2 Å². The molecule has 0 fully saturated rings. The van der Waals surface area contributed by atoms with Gasteiger partial charge in [0.25, 0.3) is 0 Å². The zero-order chi connectivity index (χ0) is 45.9. The number of aromatic nitrogens is 10. The number of aryl methyl sites for hydroxylation is 3. The number of nitrogens with two attached hydrogens (primary N) is 2. The number of alkyl carbamates (subject to hydrolysis) is 2. The van der Waals surface area contributed by atoms with E-state index in [0.29, 0.717) is 13.1 Å². The standard InChI is InChI=1S/C23H34N6O4.C9H22N2.C7H6N4O.C6H8N2O/c30-22(32-18-8-14-28-16-12-24-20(18)28)26-10-6-4-2-1-3-5-7-11-27-23(31)33-19-9-15-29-17-13-25-21(19)29;10-8-6-4-2-1-3-5-7-9-11;12-7(10-3-1-8-5-10)11-4-2-9-6-11;9-5-1-3-8-4-2-7-6(5)8/h12-13,16-19H,1-11,14-15H2,(H,26,30)(H,27,31);1-11H2;1-6H;2,4-5,9H,1,3H2/t18-,19-;;;5-/m1..1/s1. The molecule has 0 saturated carbocycles. The van der Waals surface area contributed by atoms with Crippen molar-refractivity contribution in [2.75, 3.05) is 26.2 Å². The van der Waals surface area contributed by atoms with Gasteiger partial charge < -0.3 is 50.4 Å². The van der Waals surface area contributed by atoms with Crippen molar-refractivity contribution in [1.82, 2.24) is 58.4 Å². The largest absolute Gasteiger partial charge is 0.438 e. The maximum absolute atomic E-state index is 11.9. The third-order valence-electron chi connectivity index (χ3n) is 11.3. The summed E-state index contributed by atoms with van der Waals surface area (Å²) in [5.41, 5.74) is 10.7. The first-order valence-electron chi connectivity index (χ1n) is 23.4. The molecule has 5 aromatic rings. The Morgan fingerprint density at radius 2 is 0.923 bits per heavy atom. The number of nitrogens with zero attached hydrogens (tertiary/aromatic N) is 10. The molecule has 0 aliphatic carbocycles. The number of imidazole rings is 5. The van der Waals surface area contributed by atoms with Crippen LogP contribution in [0.4, 0.5) is 14.4 Å². The molecule has 0 spiro atoms. The Morgan fingerprint density at radius 3 is 1.32 bits per heavy atom. The van der Waals surface area contributed by atoms with Crippen LogP contribution >= 0.6 is 0 Å². The van der Waals surface area contributed by atoms with E-state index in [1.165, 1.54) is 66.7 Å². The first-order chi connectivity index (χ1) is 31.9. The number of aliphatic hydroxyl groups excluding tert-OH is 1. The summed E-state index contributed by atoms with van der Waals surface area (Å²) in [6, 6.07) is -0.190. The Bertz CT molecular complexity index is 1930. The van der Waals surface area contributed by atoms with Crippen molar-refractivity contribution >= 4 is 18.2 Å². The number of rotatable bonds is 20. The maximum Gasteiger partial charge on any atom is 0.407 e. The molecule has 0 radical (unpaired) electrons. The predicted octanol–water partition coefficient (Wildman–Crippen LogP) is 6.40. The lowest BCUT2D eigenvalue weighted by Gasteiger charge is -2.12. The summed E-state index contributed by atoms with van der Waals surface area (Å²) in [5.74, 6) is 2.48. The van der Waals surface area contributed by atoms with E-state index in [4.69, 9.17) is 20.9 Å². The van der Waals surface area contributed by atoms with E-state index in [1.807, 2.05) is 32.3 Å². The first kappa shape index (κ1) is 50.1. The molecule has 0 aromatic carbocycles. The van der Waals surface area contributed by atoms with E-state index >= 15 is 0 Å². The highest BCUT2D eigenvalue weighted by Crippen LogP contribution is 2.28. The topological polar surface area (TPSA) is 255 Å². The molecule has 20 heteroatoms. The lowest BCUT2D eigenvalue weighted by atomic mass is 10.1. The predicted molar refractivity (Wildman–Crippen MR) is 243 cm³/mol. The number of amides is 2. The number of hydrogen-bond acceptors (Lipinski definition) is 13. The normalized spacial score (nSPS) is 16.4. The van der Waals surface area contributed by atoms with Gasteiger partial charge in [0.1, 0.15) is 36.2 Å². The third kappa shape index (κ3) is 17.2. The van der Waals surface area contributed by atoms with Crippen molar-refractivity contribution in [2.45, 2.75) is 147 Å². The fourth-order valence-electron chi connectivity index (χ4n) is 7.69. The minimum absolute atomic E-state index is 0.190. The zero-order valence-electron chi connectivity index (χ0n) is 37.7. The van der Waals surface area contributed by atoms with Gasteiger partial charge in [-0.1, -0.05) is 64.2 Å². The number of fused-ring (bicyclic) bond motifs is 3. The van der Waals surface area contributed by atoms with Gasteiger partial charge in [0.05, 0.1) is 0 Å². The smallest absolute Gasteiger partial charge is 0.407 e. The van der Waals surface area contributed by atoms with Crippen LogP contribution in [0.15, 0.2) is 74.6 Å². The van der Waals surface area contributed by atoms with Gasteiger partial charge in [-0.25, -0.2) is 39.3 Å². The minimum Gasteiger partial charge on any atom is -0.438 e. The highest BCUT2D eigenvalue weighted by atomic mass is 16.6. The highest BCUT2D eigenvalue weighted by Gasteiger charge is 2.28. The monoisotopic (exact) mass is 903 g/mol. The number of ether oxygens (including phenoxy) is 2. The Balaban J connectivity index is 0.000000199. The van der Waals surface area contributed by atoms with Gasteiger partial charge in [-0.2, -0.15) is 0 Å². The number of nitrogens with one attached hydrogen (secondary N) is 2. The fourth-order valence-corrected chi connectivity index (χ4v) is 7.69. The second-order valence-corrected chi connectivity index (χ2v) is 16.2. The van der Waals surface area contributed by atoms with E-state index in [-0.39, 0.29) is 36.5 Å². The number of unbranched alkanes of at least 4 members (excludes halogenated alkanes) is 12. The van der Waals surface area contributed by atoms with Gasteiger partial charge in [-0.05, 0) is 45.2 Å². The summed E-state index contributed by atoms with van der Waals surface area (Å²) in [6.07, 6.45) is 37.5. The number of aliphatic hydroxyl groups is 1. The van der Waals surface area contributed by atoms with E-state index < -0.39 is 0 Å². The quantitative estimate of drug-likeness (QED) is 0.0531. The zero-order valence-corrected chi connectivity index (χ0v) is 37.7. The van der Waals surface area contributed by atoms with E-state index in [0.717, 1.165) is 114 Å². The lowest BCUT2D eigenvalue weighted by Crippen LogP contribution is -2.26. The molecule has 7 N–H and O–H groups in total. The Morgan fingerprint density at radius 1 is 0.538 bits per heavy atom. The van der Waals surface area contributed by atoms with Crippen molar-refractivity contribution < 1.29 is 29.0 Å². The average molecular weight is 903 g/mol. The van der Waals surface area contributed by atoms with Crippen LogP contribution in [-0.2, 0) is 29.1 Å². The summed E-state index contributed by atoms with van der Waals surface area (Å²) >= 11 is 0. The van der Waals surface area contributed by atoms with Crippen LogP contribution in [0.2, 0.25) is 0 Å². The Labute approximate surface area is 381 Å². The van der Waals surface area contributed by atoms with Gasteiger partial charge in [-0.15, -0.1) is 0 Å². The molecule has 0 unspecified atom stereocenters. The van der Waals surface area contributed by atoms with Crippen LogP contribution < -0.4 is 22.1 Å². The maximum atomic E-state index is 11.9. The second-order valence-electron chi connectivity index (χ2n) is 16.2. The summed E-state index contributed by atoms with van der Waals surface area (Å²) in [7, 11) is 0. The van der Waals surface area contributed by atoms with Crippen molar-refractivity contribution in [3.05, 3.63) is 92.1 Å². The van der Waals surface area contributed by atoms with Crippen molar-refractivity contribution in [3.63, 3.8) is 0 Å². The van der Waals surface area contributed by atoms with Crippen LogP contribution in [0.3, 0.4) is 0 Å². The van der Waals surface area contributed by atoms with Crippen molar-refractivity contribution in [3.8, 4) is 0 Å². The molecule has 8 heterocycles. The van der Waals surface area contributed by atoms with Gasteiger partial charge in [0.2, 0.25) is 0 Å². The van der Waals surface area contributed by atoms with Gasteiger partial charge in [0, 0.05) is 108 Å². The average Bonchev–Trinajstić information content (AvgIpc) is 4.16. The molecule has 2 amide bonds. The van der Waals surface area contributed by atoms with E-state index in [2.05, 4.69) is 35.6 Å². The molecule has 3 aliphatic rings. The highest BCUT2D eigenvalue weighted by molar-refractivity contribution is 5.78. The summed E-state index contributed by atoms with van der Waals surface area (Å²) in [4.78, 5) is 55.3. The summed E-state index contributed by atoms with van der Waals surface area (Å²) < 4.78 is 19.7. The van der Waals surface area contributed by atoms with Crippen LogP contribution in [0.1, 0.15) is 145 Å². The first-order valence-corrected chi connectivity index (χ1v) is 23.4. The summed E-state index contributed by atoms with van der Waals surface area (Å²) in [5, 5.41) is 14.9. The number of hydrogen-bond donors (Lipinski definition) is 5. The second kappa shape index (κ2) is 28.8. The molecule has 3 aliphatic heterocycles. The molecule has 5 aromatic heterocycles. The van der Waals surface area contributed by atoms with Crippen LogP contribution in [-0.4, -0.2) is 97.3 Å². The number of carbonyl (C=O) groups is 3. The van der Waals surface area contributed by atoms with Crippen molar-refractivity contribution in [1.29, 1.82) is 0 Å². The number of carbonyl (C=O) groups excluding carboxylic acids is 3. The van der Waals surface area contributed by atoms with Crippen molar-refractivity contribution in [2.24, 2.45) is 11.5 Å².